The maximum Gasteiger partial charge on any atom is 0.244 e. The molecule has 0 spiro atoms. The van der Waals surface area contributed by atoms with E-state index in [-0.39, 0.29) is 20.0 Å². The van der Waals surface area contributed by atoms with E-state index >= 15 is 0 Å². The van der Waals surface area contributed by atoms with Crippen molar-refractivity contribution in [3.05, 3.63) is 45.4 Å². The molecule has 5 nitrogen and oxygen atoms in total. The number of H-pyrrole nitrogens is 1. The van der Waals surface area contributed by atoms with Crippen LogP contribution in [0.1, 0.15) is 25.2 Å². The van der Waals surface area contributed by atoms with Crippen LogP contribution in [-0.2, 0) is 10.0 Å². The van der Waals surface area contributed by atoms with Crippen molar-refractivity contribution < 1.29 is 8.42 Å². The van der Waals surface area contributed by atoms with Crippen molar-refractivity contribution >= 4 is 44.8 Å². The summed E-state index contributed by atoms with van der Waals surface area (Å²) in [6, 6.07) is 2.15. The van der Waals surface area contributed by atoms with Gasteiger partial charge in [-0.25, -0.2) is 18.1 Å². The Bertz CT molecular complexity index is 709. The van der Waals surface area contributed by atoms with Crippen molar-refractivity contribution in [2.24, 2.45) is 0 Å². The van der Waals surface area contributed by atoms with Gasteiger partial charge < -0.3 is 4.98 Å². The normalized spacial score (nSPS) is 13.3. The molecule has 2 rings (SSSR count). The van der Waals surface area contributed by atoms with Crippen molar-refractivity contribution in [3.8, 4) is 0 Å². The highest BCUT2D eigenvalue weighted by molar-refractivity contribution is 7.89. The lowest BCUT2D eigenvalue weighted by Crippen LogP contribution is -2.29. The summed E-state index contributed by atoms with van der Waals surface area (Å²) in [5.41, 5.74) is 0. The first-order chi connectivity index (χ1) is 9.85. The Morgan fingerprint density at radius 2 is 1.90 bits per heavy atom. The highest BCUT2D eigenvalue weighted by Crippen LogP contribution is 2.33. The van der Waals surface area contributed by atoms with Gasteiger partial charge in [-0.2, -0.15) is 0 Å². The van der Waals surface area contributed by atoms with E-state index in [4.69, 9.17) is 34.8 Å². The van der Waals surface area contributed by atoms with E-state index in [1.807, 2.05) is 6.92 Å². The van der Waals surface area contributed by atoms with Crippen LogP contribution in [0.4, 0.5) is 0 Å². The van der Waals surface area contributed by atoms with E-state index < -0.39 is 16.1 Å². The van der Waals surface area contributed by atoms with Gasteiger partial charge in [0.1, 0.15) is 10.7 Å². The Balaban J connectivity index is 2.39. The number of hydrogen-bond acceptors (Lipinski definition) is 3. The summed E-state index contributed by atoms with van der Waals surface area (Å²) in [6.45, 7) is 1.83. The highest BCUT2D eigenvalue weighted by Gasteiger charge is 2.26. The second kappa shape index (κ2) is 6.54. The minimum absolute atomic E-state index is 0.0331. The van der Waals surface area contributed by atoms with Crippen LogP contribution in [0.5, 0.6) is 0 Å². The molecule has 1 unspecified atom stereocenters. The van der Waals surface area contributed by atoms with Gasteiger partial charge in [0.15, 0.2) is 0 Å². The molecule has 2 N–H and O–H groups in total. The Kier molecular flexibility index (Phi) is 5.16. The van der Waals surface area contributed by atoms with Gasteiger partial charge >= 0.3 is 0 Å². The summed E-state index contributed by atoms with van der Waals surface area (Å²) in [4.78, 5) is 6.74. The summed E-state index contributed by atoms with van der Waals surface area (Å²) >= 11 is 17.7. The lowest BCUT2D eigenvalue weighted by atomic mass is 10.2. The molecule has 1 atom stereocenters. The number of benzene rings is 1. The van der Waals surface area contributed by atoms with Crippen LogP contribution < -0.4 is 4.72 Å². The molecule has 9 heteroatoms. The number of sulfonamides is 1. The number of rotatable bonds is 5. The number of hydrogen-bond donors (Lipinski definition) is 2. The van der Waals surface area contributed by atoms with E-state index in [9.17, 15) is 8.42 Å². The quantitative estimate of drug-likeness (QED) is 0.843. The molecule has 2 aromatic rings. The number of nitrogens with one attached hydrogen (secondary N) is 2. The summed E-state index contributed by atoms with van der Waals surface area (Å²) in [5.74, 6) is 0.516. The molecule has 0 fully saturated rings. The van der Waals surface area contributed by atoms with Gasteiger partial charge in [0.05, 0.1) is 16.1 Å². The number of aromatic amines is 1. The fourth-order valence-electron chi connectivity index (χ4n) is 1.83. The summed E-state index contributed by atoms with van der Waals surface area (Å²) in [7, 11) is -3.91. The second-order valence-corrected chi connectivity index (χ2v) is 7.16. The lowest BCUT2D eigenvalue weighted by molar-refractivity contribution is 0.539. The minimum Gasteiger partial charge on any atom is -0.347 e. The molecule has 1 aromatic carbocycles. The third kappa shape index (κ3) is 3.70. The first kappa shape index (κ1) is 16.6. The topological polar surface area (TPSA) is 74.8 Å². The number of aromatic nitrogens is 2. The molecule has 1 aromatic heterocycles. The summed E-state index contributed by atoms with van der Waals surface area (Å²) in [6.07, 6.45) is 3.68. The molecular weight excluding hydrogens is 357 g/mol. The zero-order valence-electron chi connectivity index (χ0n) is 10.9. The standard InChI is InChI=1S/C12H12Cl3N3O2S/c1-2-10(12-16-3-4-17-12)18-21(19,20)11-8(14)5-7(13)6-9(11)15/h3-6,10,18H,2H2,1H3,(H,16,17). The van der Waals surface area contributed by atoms with Gasteiger partial charge in [-0.05, 0) is 18.6 Å². The average Bonchev–Trinajstić information content (AvgIpc) is 2.87. The number of halogens is 3. The SMILES string of the molecule is CCC(NS(=O)(=O)c1c(Cl)cc(Cl)cc1Cl)c1ncc[nH]1. The lowest BCUT2D eigenvalue weighted by Gasteiger charge is -2.16. The third-order valence-electron chi connectivity index (χ3n) is 2.79. The number of imidazole rings is 1. The van der Waals surface area contributed by atoms with Gasteiger partial charge in [-0.15, -0.1) is 0 Å². The zero-order chi connectivity index (χ0) is 15.6. The molecular formula is C12H12Cl3N3O2S. The monoisotopic (exact) mass is 367 g/mol. The average molecular weight is 369 g/mol. The van der Waals surface area contributed by atoms with E-state index in [1.165, 1.54) is 12.1 Å². The van der Waals surface area contributed by atoms with Gasteiger partial charge in [0, 0.05) is 17.4 Å². The molecule has 0 radical (unpaired) electrons. The smallest absolute Gasteiger partial charge is 0.244 e. The Morgan fingerprint density at radius 3 is 2.38 bits per heavy atom. The fourth-order valence-corrected chi connectivity index (χ4v) is 4.66. The van der Waals surface area contributed by atoms with Gasteiger partial charge in [0.2, 0.25) is 10.0 Å². The Labute approximate surface area is 137 Å². The fraction of sp³-hybridized carbons (Fsp3) is 0.250. The van der Waals surface area contributed by atoms with Gasteiger partial charge in [-0.1, -0.05) is 41.7 Å². The molecule has 0 bridgehead atoms. The minimum atomic E-state index is -3.91. The highest BCUT2D eigenvalue weighted by atomic mass is 35.5. The molecule has 0 aliphatic rings. The molecule has 0 saturated heterocycles. The predicted octanol–water partition coefficient (Wildman–Crippen LogP) is 3.80. The molecule has 1 heterocycles. The maximum absolute atomic E-state index is 12.5. The van der Waals surface area contributed by atoms with Gasteiger partial charge in [0.25, 0.3) is 0 Å². The molecule has 0 saturated carbocycles. The van der Waals surface area contributed by atoms with E-state index in [0.29, 0.717) is 12.2 Å². The van der Waals surface area contributed by atoms with E-state index in [0.717, 1.165) is 0 Å². The molecule has 0 amide bonds. The predicted molar refractivity (Wildman–Crippen MR) is 83.4 cm³/mol. The van der Waals surface area contributed by atoms with E-state index in [2.05, 4.69) is 14.7 Å². The van der Waals surface area contributed by atoms with Crippen molar-refractivity contribution in [3.63, 3.8) is 0 Å². The number of nitrogens with zero attached hydrogens (tertiary/aromatic N) is 1. The molecule has 0 aliphatic carbocycles. The van der Waals surface area contributed by atoms with Crippen LogP contribution in [0.25, 0.3) is 0 Å². The van der Waals surface area contributed by atoms with Crippen molar-refractivity contribution in [2.45, 2.75) is 24.3 Å². The molecule has 0 aliphatic heterocycles. The van der Waals surface area contributed by atoms with Crippen LogP contribution in [0.3, 0.4) is 0 Å². The van der Waals surface area contributed by atoms with Crippen LogP contribution in [0.15, 0.2) is 29.4 Å². The van der Waals surface area contributed by atoms with Crippen molar-refractivity contribution in [1.29, 1.82) is 0 Å². The Morgan fingerprint density at radius 1 is 1.29 bits per heavy atom. The second-order valence-electron chi connectivity index (χ2n) is 4.26. The summed E-state index contributed by atoms with van der Waals surface area (Å²) in [5, 5.41) is 0.200. The van der Waals surface area contributed by atoms with Crippen molar-refractivity contribution in [2.75, 3.05) is 0 Å². The van der Waals surface area contributed by atoms with Crippen molar-refractivity contribution in [1.82, 2.24) is 14.7 Å². The van der Waals surface area contributed by atoms with E-state index in [1.54, 1.807) is 12.4 Å². The van der Waals surface area contributed by atoms with Crippen LogP contribution in [0, 0.1) is 0 Å². The molecule has 21 heavy (non-hydrogen) atoms. The first-order valence-corrected chi connectivity index (χ1v) is 8.63. The third-order valence-corrected chi connectivity index (χ3v) is 5.40. The molecule has 114 valence electrons. The maximum atomic E-state index is 12.5. The van der Waals surface area contributed by atoms with Crippen LogP contribution in [-0.4, -0.2) is 18.4 Å². The first-order valence-electron chi connectivity index (χ1n) is 6.01. The summed E-state index contributed by atoms with van der Waals surface area (Å²) < 4.78 is 27.5. The van der Waals surface area contributed by atoms with Crippen LogP contribution >= 0.6 is 34.8 Å². The van der Waals surface area contributed by atoms with Gasteiger partial charge in [-0.3, -0.25) is 0 Å². The largest absolute Gasteiger partial charge is 0.347 e. The van der Waals surface area contributed by atoms with Crippen LogP contribution in [0.2, 0.25) is 15.1 Å². The zero-order valence-corrected chi connectivity index (χ0v) is 14.0. The Hall–Kier alpha value is -0.790.